The normalized spacial score (nSPS) is 20.2. The van der Waals surface area contributed by atoms with Gasteiger partial charge in [-0.3, -0.25) is 0 Å². The van der Waals surface area contributed by atoms with E-state index in [9.17, 15) is 0 Å². The van der Waals surface area contributed by atoms with E-state index in [1.165, 1.54) is 0 Å². The van der Waals surface area contributed by atoms with Crippen LogP contribution < -0.4 is 4.90 Å². The highest BCUT2D eigenvalue weighted by atomic mass is 35.5. The van der Waals surface area contributed by atoms with Gasteiger partial charge >= 0.3 is 0 Å². The number of rotatable bonds is 4. The molecule has 0 bridgehead atoms. The molecule has 18 heavy (non-hydrogen) atoms. The molecule has 1 saturated heterocycles. The number of hydrogen-bond acceptors (Lipinski definition) is 4. The maximum atomic E-state index is 5.88. The van der Waals surface area contributed by atoms with Crippen LogP contribution in [0, 0.1) is 6.92 Å². The molecule has 1 atom stereocenters. The Balaban J connectivity index is 2.05. The van der Waals surface area contributed by atoms with Gasteiger partial charge < -0.3 is 9.64 Å². The third kappa shape index (κ3) is 3.33. The summed E-state index contributed by atoms with van der Waals surface area (Å²) < 4.78 is 5.84. The maximum absolute atomic E-state index is 5.88. The van der Waals surface area contributed by atoms with Crippen LogP contribution in [0.25, 0.3) is 0 Å². The Kier molecular flexibility index (Phi) is 4.78. The number of aryl methyl sites for hydroxylation is 1. The summed E-state index contributed by atoms with van der Waals surface area (Å²) in [5, 5.41) is 0.312. The second-order valence-electron chi connectivity index (χ2n) is 4.73. The molecule has 5 heteroatoms. The summed E-state index contributed by atoms with van der Waals surface area (Å²) in [6.45, 7) is 6.90. The molecule has 0 aliphatic carbocycles. The summed E-state index contributed by atoms with van der Waals surface area (Å²) >= 11 is 5.88. The van der Waals surface area contributed by atoms with Gasteiger partial charge in [0.1, 0.15) is 5.82 Å². The van der Waals surface area contributed by atoms with Crippen molar-refractivity contribution in [1.82, 2.24) is 9.97 Å². The lowest BCUT2D eigenvalue weighted by molar-refractivity contribution is 0.0439. The number of piperidine rings is 1. The van der Waals surface area contributed by atoms with Crippen molar-refractivity contribution in [3.05, 3.63) is 17.0 Å². The van der Waals surface area contributed by atoms with Crippen molar-refractivity contribution in [2.24, 2.45) is 0 Å². The minimum Gasteiger partial charge on any atom is -0.376 e. The van der Waals surface area contributed by atoms with Crippen LogP contribution in [0.5, 0.6) is 0 Å². The van der Waals surface area contributed by atoms with Gasteiger partial charge in [0.05, 0.1) is 6.10 Å². The third-order valence-corrected chi connectivity index (χ3v) is 3.33. The summed E-state index contributed by atoms with van der Waals surface area (Å²) in [6.07, 6.45) is 5.42. The van der Waals surface area contributed by atoms with Crippen LogP contribution >= 0.6 is 11.6 Å². The Morgan fingerprint density at radius 3 is 3.17 bits per heavy atom. The second kappa shape index (κ2) is 6.34. The first-order valence-electron chi connectivity index (χ1n) is 6.56. The highest BCUT2D eigenvalue weighted by Crippen LogP contribution is 2.23. The quantitative estimate of drug-likeness (QED) is 0.788. The van der Waals surface area contributed by atoms with Crippen molar-refractivity contribution in [2.75, 3.05) is 24.6 Å². The number of nitrogens with zero attached hydrogens (tertiary/aromatic N) is 3. The van der Waals surface area contributed by atoms with Gasteiger partial charge in [0.15, 0.2) is 0 Å². The molecule has 0 aromatic carbocycles. The summed E-state index contributed by atoms with van der Waals surface area (Å²) in [7, 11) is 0. The number of aromatic nitrogens is 2. The summed E-state index contributed by atoms with van der Waals surface area (Å²) in [6, 6.07) is 0. The minimum atomic E-state index is 0.312. The molecular weight excluding hydrogens is 250 g/mol. The smallest absolute Gasteiger partial charge is 0.224 e. The van der Waals surface area contributed by atoms with E-state index >= 15 is 0 Å². The zero-order valence-electron chi connectivity index (χ0n) is 11.0. The first kappa shape index (κ1) is 13.6. The van der Waals surface area contributed by atoms with Crippen molar-refractivity contribution in [3.63, 3.8) is 0 Å². The van der Waals surface area contributed by atoms with E-state index in [0.717, 1.165) is 50.3 Å². The van der Waals surface area contributed by atoms with Crippen molar-refractivity contribution >= 4 is 17.4 Å². The fourth-order valence-corrected chi connectivity index (χ4v) is 2.41. The molecule has 1 fully saturated rings. The number of ether oxygens (including phenoxy) is 1. The second-order valence-corrected chi connectivity index (χ2v) is 5.06. The van der Waals surface area contributed by atoms with Gasteiger partial charge in [0.2, 0.25) is 5.28 Å². The van der Waals surface area contributed by atoms with Crippen LogP contribution in [0.3, 0.4) is 0 Å². The van der Waals surface area contributed by atoms with E-state index < -0.39 is 0 Å². The zero-order chi connectivity index (χ0) is 13.0. The van der Waals surface area contributed by atoms with E-state index in [1.54, 1.807) is 6.20 Å². The molecule has 1 aromatic heterocycles. The molecule has 0 N–H and O–H groups in total. The van der Waals surface area contributed by atoms with Crippen molar-refractivity contribution in [1.29, 1.82) is 0 Å². The highest BCUT2D eigenvalue weighted by molar-refractivity contribution is 6.28. The van der Waals surface area contributed by atoms with Crippen molar-refractivity contribution in [2.45, 2.75) is 39.2 Å². The summed E-state index contributed by atoms with van der Waals surface area (Å²) in [4.78, 5) is 10.6. The molecule has 1 unspecified atom stereocenters. The summed E-state index contributed by atoms with van der Waals surface area (Å²) in [5.41, 5.74) is 1.07. The van der Waals surface area contributed by atoms with E-state index in [-0.39, 0.29) is 0 Å². The largest absolute Gasteiger partial charge is 0.376 e. The monoisotopic (exact) mass is 269 g/mol. The average Bonchev–Trinajstić information content (AvgIpc) is 2.39. The van der Waals surface area contributed by atoms with E-state index in [4.69, 9.17) is 16.3 Å². The highest BCUT2D eigenvalue weighted by Gasteiger charge is 2.22. The standard InChI is InChI=1S/C13H20ClN3O/c1-3-7-18-11-5-4-6-17(9-11)12-10(2)8-15-13(14)16-12/h8,11H,3-7,9H2,1-2H3. The molecule has 4 nitrogen and oxygen atoms in total. The van der Waals surface area contributed by atoms with Gasteiger partial charge in [-0.1, -0.05) is 6.92 Å². The molecule has 2 rings (SSSR count). The van der Waals surface area contributed by atoms with E-state index in [2.05, 4.69) is 21.8 Å². The predicted molar refractivity (Wildman–Crippen MR) is 73.3 cm³/mol. The molecule has 0 spiro atoms. The lowest BCUT2D eigenvalue weighted by Gasteiger charge is -2.34. The Bertz CT molecular complexity index is 400. The van der Waals surface area contributed by atoms with Crippen LogP contribution in [-0.2, 0) is 4.74 Å². The Morgan fingerprint density at radius 1 is 1.56 bits per heavy atom. The van der Waals surface area contributed by atoms with Gasteiger partial charge in [-0.05, 0) is 37.8 Å². The van der Waals surface area contributed by atoms with Crippen LogP contribution in [0.2, 0.25) is 5.28 Å². The molecule has 100 valence electrons. The third-order valence-electron chi connectivity index (χ3n) is 3.15. The number of anilines is 1. The average molecular weight is 270 g/mol. The molecule has 0 saturated carbocycles. The maximum Gasteiger partial charge on any atom is 0.224 e. The molecule has 2 heterocycles. The predicted octanol–water partition coefficient (Wildman–Crippen LogP) is 2.83. The topological polar surface area (TPSA) is 38.2 Å². The van der Waals surface area contributed by atoms with Crippen molar-refractivity contribution in [3.8, 4) is 0 Å². The molecule has 1 aromatic rings. The van der Waals surface area contributed by atoms with Gasteiger partial charge in [0, 0.05) is 31.5 Å². The van der Waals surface area contributed by atoms with Crippen LogP contribution in [-0.4, -0.2) is 35.8 Å². The van der Waals surface area contributed by atoms with Crippen molar-refractivity contribution < 1.29 is 4.74 Å². The fourth-order valence-electron chi connectivity index (χ4n) is 2.28. The van der Waals surface area contributed by atoms with Gasteiger partial charge in [0.25, 0.3) is 0 Å². The number of hydrogen-bond donors (Lipinski definition) is 0. The first-order valence-corrected chi connectivity index (χ1v) is 6.94. The van der Waals surface area contributed by atoms with Crippen LogP contribution in [0.1, 0.15) is 31.7 Å². The lowest BCUT2D eigenvalue weighted by atomic mass is 10.1. The van der Waals surface area contributed by atoms with Crippen LogP contribution in [0.15, 0.2) is 6.20 Å². The van der Waals surface area contributed by atoms with E-state index in [0.29, 0.717) is 11.4 Å². The Morgan fingerprint density at radius 2 is 2.39 bits per heavy atom. The summed E-state index contributed by atoms with van der Waals surface area (Å²) in [5.74, 6) is 0.944. The van der Waals surface area contributed by atoms with Gasteiger partial charge in [-0.2, -0.15) is 0 Å². The molecule has 1 aliphatic rings. The first-order chi connectivity index (χ1) is 8.70. The molecule has 0 radical (unpaired) electrons. The number of halogens is 1. The van der Waals surface area contributed by atoms with Gasteiger partial charge in [-0.15, -0.1) is 0 Å². The van der Waals surface area contributed by atoms with E-state index in [1.807, 2.05) is 6.92 Å². The van der Waals surface area contributed by atoms with Crippen LogP contribution in [0.4, 0.5) is 5.82 Å². The molecular formula is C13H20ClN3O. The molecule has 0 amide bonds. The minimum absolute atomic E-state index is 0.312. The lowest BCUT2D eigenvalue weighted by Crippen LogP contribution is -2.40. The Hall–Kier alpha value is -0.870. The SMILES string of the molecule is CCCOC1CCCN(c2nc(Cl)ncc2C)C1. The Labute approximate surface area is 113 Å². The fraction of sp³-hybridized carbons (Fsp3) is 0.692. The molecule has 1 aliphatic heterocycles. The van der Waals surface area contributed by atoms with Gasteiger partial charge in [-0.25, -0.2) is 9.97 Å². The zero-order valence-corrected chi connectivity index (χ0v) is 11.8.